The molecule has 0 N–H and O–H groups in total. The van der Waals surface area contributed by atoms with Crippen LogP contribution in [0.4, 0.5) is 0 Å². The fraction of sp³-hybridized carbons (Fsp3) is 0.300. The molecule has 0 unspecified atom stereocenters. The molecule has 0 saturated heterocycles. The summed E-state index contributed by atoms with van der Waals surface area (Å²) >= 11 is 5.42. The van der Waals surface area contributed by atoms with Crippen LogP contribution in [0.25, 0.3) is 0 Å². The number of benzene rings is 1. The van der Waals surface area contributed by atoms with Crippen LogP contribution in [0.5, 0.6) is 5.75 Å². The van der Waals surface area contributed by atoms with Crippen molar-refractivity contribution in [2.45, 2.75) is 6.42 Å². The Kier molecular flexibility index (Phi) is 4.88. The van der Waals surface area contributed by atoms with E-state index < -0.39 is 0 Å². The summed E-state index contributed by atoms with van der Waals surface area (Å²) in [6.45, 7) is 0. The Bertz CT molecular complexity index is 339. The molecular formula is C10H10BrIO2. The zero-order chi connectivity index (χ0) is 10.6. The quantitative estimate of drug-likeness (QED) is 0.463. The first-order chi connectivity index (χ1) is 6.67. The lowest BCUT2D eigenvalue weighted by atomic mass is 10.1. The molecule has 0 heterocycles. The molecule has 0 atom stereocenters. The molecule has 1 aromatic rings. The number of ketones is 1. The number of carbonyl (C=O) groups excluding carboxylic acids is 1. The van der Waals surface area contributed by atoms with Crippen LogP contribution >= 0.6 is 38.5 Å². The third kappa shape index (κ3) is 3.24. The number of rotatable bonds is 4. The first-order valence-electron chi connectivity index (χ1n) is 4.11. The number of alkyl halides is 1. The number of hydrogen-bond acceptors (Lipinski definition) is 2. The average molecular weight is 369 g/mol. The molecule has 0 saturated carbocycles. The average Bonchev–Trinajstić information content (AvgIpc) is 2.17. The normalized spacial score (nSPS) is 9.93. The van der Waals surface area contributed by atoms with Gasteiger partial charge in [0.15, 0.2) is 5.78 Å². The van der Waals surface area contributed by atoms with Crippen LogP contribution in [0.15, 0.2) is 18.2 Å². The molecule has 0 radical (unpaired) electrons. The molecule has 0 fully saturated rings. The predicted molar refractivity (Wildman–Crippen MR) is 68.5 cm³/mol. The van der Waals surface area contributed by atoms with Gasteiger partial charge in [0.1, 0.15) is 5.75 Å². The second-order valence-electron chi connectivity index (χ2n) is 2.74. The fourth-order valence-electron chi connectivity index (χ4n) is 1.07. The summed E-state index contributed by atoms with van der Waals surface area (Å²) < 4.78 is 6.11. The highest BCUT2D eigenvalue weighted by atomic mass is 127. The van der Waals surface area contributed by atoms with Crippen molar-refractivity contribution >= 4 is 44.3 Å². The maximum absolute atomic E-state index is 11.6. The van der Waals surface area contributed by atoms with E-state index in [-0.39, 0.29) is 5.78 Å². The molecule has 0 aliphatic rings. The Balaban J connectivity index is 2.96. The molecule has 76 valence electrons. The van der Waals surface area contributed by atoms with Crippen LogP contribution < -0.4 is 4.74 Å². The van der Waals surface area contributed by atoms with Crippen LogP contribution in [0.2, 0.25) is 0 Å². The van der Waals surface area contributed by atoms with Gasteiger partial charge in [-0.3, -0.25) is 4.79 Å². The third-order valence-electron chi connectivity index (χ3n) is 1.75. The third-order valence-corrected chi connectivity index (χ3v) is 2.77. The minimum absolute atomic E-state index is 0.138. The molecule has 1 rings (SSSR count). The summed E-state index contributed by atoms with van der Waals surface area (Å²) in [5.74, 6) is 0.869. The van der Waals surface area contributed by atoms with Crippen LogP contribution in [-0.4, -0.2) is 18.2 Å². The lowest BCUT2D eigenvalue weighted by Gasteiger charge is -2.04. The van der Waals surface area contributed by atoms with Gasteiger partial charge >= 0.3 is 0 Å². The molecule has 0 spiro atoms. The van der Waals surface area contributed by atoms with Crippen molar-refractivity contribution in [2.75, 3.05) is 12.4 Å². The van der Waals surface area contributed by atoms with Crippen molar-refractivity contribution in [3.8, 4) is 5.75 Å². The Morgan fingerprint density at radius 1 is 1.50 bits per heavy atom. The summed E-state index contributed by atoms with van der Waals surface area (Å²) in [7, 11) is 1.60. The second kappa shape index (κ2) is 5.70. The van der Waals surface area contributed by atoms with Gasteiger partial charge in [0.25, 0.3) is 0 Å². The Morgan fingerprint density at radius 2 is 2.21 bits per heavy atom. The van der Waals surface area contributed by atoms with Gasteiger partial charge in [-0.15, -0.1) is 0 Å². The maximum Gasteiger partial charge on any atom is 0.163 e. The first kappa shape index (κ1) is 12.0. The zero-order valence-corrected chi connectivity index (χ0v) is 11.5. The van der Waals surface area contributed by atoms with Gasteiger partial charge in [0.2, 0.25) is 0 Å². The largest absolute Gasteiger partial charge is 0.497 e. The van der Waals surface area contributed by atoms with Crippen molar-refractivity contribution < 1.29 is 9.53 Å². The highest BCUT2D eigenvalue weighted by Gasteiger charge is 2.07. The monoisotopic (exact) mass is 368 g/mol. The van der Waals surface area contributed by atoms with Gasteiger partial charge in [0, 0.05) is 20.9 Å². The van der Waals surface area contributed by atoms with Crippen molar-refractivity contribution in [3.63, 3.8) is 0 Å². The molecule has 0 amide bonds. The number of methoxy groups -OCH3 is 1. The Labute approximate surface area is 105 Å². The molecule has 2 nitrogen and oxygen atoms in total. The van der Waals surface area contributed by atoms with Crippen molar-refractivity contribution in [1.82, 2.24) is 0 Å². The summed E-state index contributed by atoms with van der Waals surface area (Å²) in [5, 5.41) is 0.694. The van der Waals surface area contributed by atoms with Gasteiger partial charge < -0.3 is 4.74 Å². The number of halogens is 2. The SMILES string of the molecule is COc1cc(I)cc(C(=O)CCBr)c1. The highest BCUT2D eigenvalue weighted by molar-refractivity contribution is 14.1. The van der Waals surface area contributed by atoms with E-state index in [9.17, 15) is 4.79 Å². The van der Waals surface area contributed by atoms with Gasteiger partial charge in [-0.25, -0.2) is 0 Å². The van der Waals surface area contributed by atoms with Crippen molar-refractivity contribution in [1.29, 1.82) is 0 Å². The molecular weight excluding hydrogens is 359 g/mol. The van der Waals surface area contributed by atoms with E-state index in [0.717, 1.165) is 9.32 Å². The molecule has 0 aromatic heterocycles. The standard InChI is InChI=1S/C10H10BrIO2/c1-14-9-5-7(4-8(12)6-9)10(13)2-3-11/h4-6H,2-3H2,1H3. The lowest BCUT2D eigenvalue weighted by Crippen LogP contribution is -2.00. The molecule has 4 heteroatoms. The lowest BCUT2D eigenvalue weighted by molar-refractivity contribution is 0.0989. The first-order valence-corrected chi connectivity index (χ1v) is 6.31. The van der Waals surface area contributed by atoms with E-state index >= 15 is 0 Å². The summed E-state index contributed by atoms with van der Waals surface area (Å²) in [5.41, 5.74) is 0.716. The highest BCUT2D eigenvalue weighted by Crippen LogP contribution is 2.19. The van der Waals surface area contributed by atoms with Crippen LogP contribution in [0.3, 0.4) is 0 Å². The van der Waals surface area contributed by atoms with Crippen LogP contribution in [0.1, 0.15) is 16.8 Å². The Hall–Kier alpha value is -0.100. The molecule has 0 aliphatic heterocycles. The molecule has 0 aliphatic carbocycles. The van der Waals surface area contributed by atoms with E-state index in [2.05, 4.69) is 38.5 Å². The smallest absolute Gasteiger partial charge is 0.163 e. The summed E-state index contributed by atoms with van der Waals surface area (Å²) in [6, 6.07) is 5.53. The van der Waals surface area contributed by atoms with Gasteiger partial charge in [-0.2, -0.15) is 0 Å². The number of Topliss-reactive ketones (excluding diaryl/α,β-unsaturated/α-hetero) is 1. The van der Waals surface area contributed by atoms with Gasteiger partial charge in [-0.05, 0) is 40.8 Å². The molecule has 0 bridgehead atoms. The maximum atomic E-state index is 11.6. The summed E-state index contributed by atoms with van der Waals surface area (Å²) in [6.07, 6.45) is 0.517. The van der Waals surface area contributed by atoms with E-state index in [1.54, 1.807) is 13.2 Å². The molecule has 1 aromatic carbocycles. The van der Waals surface area contributed by atoms with Crippen LogP contribution in [0, 0.1) is 3.57 Å². The molecule has 14 heavy (non-hydrogen) atoms. The zero-order valence-electron chi connectivity index (χ0n) is 7.72. The van der Waals surface area contributed by atoms with E-state index in [4.69, 9.17) is 4.74 Å². The number of hydrogen-bond donors (Lipinski definition) is 0. The van der Waals surface area contributed by atoms with Gasteiger partial charge in [0.05, 0.1) is 7.11 Å². The Morgan fingerprint density at radius 3 is 2.79 bits per heavy atom. The van der Waals surface area contributed by atoms with Crippen LogP contribution in [-0.2, 0) is 0 Å². The van der Waals surface area contributed by atoms with Crippen molar-refractivity contribution in [3.05, 3.63) is 27.3 Å². The minimum Gasteiger partial charge on any atom is -0.497 e. The summed E-state index contributed by atoms with van der Waals surface area (Å²) in [4.78, 5) is 11.6. The van der Waals surface area contributed by atoms with E-state index in [1.807, 2.05) is 12.1 Å². The second-order valence-corrected chi connectivity index (χ2v) is 4.78. The number of carbonyl (C=O) groups is 1. The topological polar surface area (TPSA) is 26.3 Å². The van der Waals surface area contributed by atoms with E-state index in [0.29, 0.717) is 17.3 Å². The fourth-order valence-corrected chi connectivity index (χ4v) is 2.07. The number of ether oxygens (including phenoxy) is 1. The van der Waals surface area contributed by atoms with Crippen molar-refractivity contribution in [2.24, 2.45) is 0 Å². The minimum atomic E-state index is 0.138. The van der Waals surface area contributed by atoms with Gasteiger partial charge in [-0.1, -0.05) is 15.9 Å². The predicted octanol–water partition coefficient (Wildman–Crippen LogP) is 3.27. The van der Waals surface area contributed by atoms with E-state index in [1.165, 1.54) is 0 Å².